The lowest BCUT2D eigenvalue weighted by Gasteiger charge is -2.33. The highest BCUT2D eigenvalue weighted by atomic mass is 16.5. The van der Waals surface area contributed by atoms with Crippen molar-refractivity contribution < 1.29 is 28.9 Å². The van der Waals surface area contributed by atoms with Crippen LogP contribution in [-0.4, -0.2) is 50.5 Å². The van der Waals surface area contributed by atoms with Gasteiger partial charge < -0.3 is 24.3 Å². The minimum atomic E-state index is -0.873. The first-order chi connectivity index (χ1) is 17.9. The molecule has 0 aromatic heterocycles. The van der Waals surface area contributed by atoms with Crippen molar-refractivity contribution >= 4 is 5.91 Å². The van der Waals surface area contributed by atoms with E-state index in [1.54, 1.807) is 41.2 Å². The Hall–Kier alpha value is -3.30. The van der Waals surface area contributed by atoms with Crippen molar-refractivity contribution in [3.63, 3.8) is 0 Å². The van der Waals surface area contributed by atoms with E-state index in [4.69, 9.17) is 18.9 Å². The number of amides is 1. The van der Waals surface area contributed by atoms with E-state index in [0.29, 0.717) is 42.1 Å². The second-order valence-electron chi connectivity index (χ2n) is 11.1. The van der Waals surface area contributed by atoms with E-state index in [-0.39, 0.29) is 17.1 Å². The minimum Gasteiger partial charge on any atom is -0.493 e. The third kappa shape index (κ3) is 4.47. The van der Waals surface area contributed by atoms with Crippen LogP contribution in [0.15, 0.2) is 29.1 Å². The van der Waals surface area contributed by atoms with E-state index in [1.807, 2.05) is 26.0 Å². The number of hydrogen-bond acceptors (Lipinski definition) is 7. The molecule has 2 aliphatic rings. The number of nitrogens with one attached hydrogen (secondary N) is 1. The molecule has 1 amide bonds. The zero-order valence-corrected chi connectivity index (χ0v) is 23.4. The van der Waals surface area contributed by atoms with Crippen molar-refractivity contribution in [2.45, 2.75) is 64.1 Å². The lowest BCUT2D eigenvalue weighted by atomic mass is 9.85. The van der Waals surface area contributed by atoms with Gasteiger partial charge in [-0.2, -0.15) is 0 Å². The van der Waals surface area contributed by atoms with Crippen molar-refractivity contribution in [2.24, 2.45) is 5.92 Å². The van der Waals surface area contributed by atoms with Gasteiger partial charge in [-0.3, -0.25) is 9.59 Å². The first kappa shape index (κ1) is 27.7. The van der Waals surface area contributed by atoms with Crippen LogP contribution in [0.1, 0.15) is 57.7 Å². The van der Waals surface area contributed by atoms with Crippen molar-refractivity contribution in [1.82, 2.24) is 10.4 Å². The summed E-state index contributed by atoms with van der Waals surface area (Å²) >= 11 is 0. The molecular formula is C29H37N2O7. The molecule has 0 spiro atoms. The monoisotopic (exact) mass is 525 g/mol. The molecule has 0 unspecified atom stereocenters. The number of ether oxygens (including phenoxy) is 4. The van der Waals surface area contributed by atoms with Crippen LogP contribution in [0.25, 0.3) is 11.1 Å². The van der Waals surface area contributed by atoms with Crippen LogP contribution in [0.3, 0.4) is 0 Å². The Morgan fingerprint density at radius 2 is 1.61 bits per heavy atom. The molecule has 1 saturated heterocycles. The zero-order valence-electron chi connectivity index (χ0n) is 23.4. The topological polar surface area (TPSA) is 106 Å². The minimum absolute atomic E-state index is 0.185. The Kier molecular flexibility index (Phi) is 7.38. The first-order valence-electron chi connectivity index (χ1n) is 12.7. The van der Waals surface area contributed by atoms with Gasteiger partial charge in [0.2, 0.25) is 17.1 Å². The number of hydroxylamine groups is 2. The van der Waals surface area contributed by atoms with E-state index in [1.165, 1.54) is 13.2 Å². The second kappa shape index (κ2) is 10.1. The lowest BCUT2D eigenvalue weighted by Crippen LogP contribution is -2.49. The van der Waals surface area contributed by atoms with Crippen molar-refractivity contribution in [2.75, 3.05) is 28.4 Å². The van der Waals surface area contributed by atoms with E-state index >= 15 is 0 Å². The summed E-state index contributed by atoms with van der Waals surface area (Å²) in [5, 5.41) is 17.2. The quantitative estimate of drug-likeness (QED) is 0.606. The third-order valence-electron chi connectivity index (χ3n) is 7.98. The maximum absolute atomic E-state index is 13.7. The standard InChI is InChI=1S/C29H37N2O7/c1-28(2)15-19(29(3,4)31(28)34)27(33)30-20-11-9-16-13-23(36-6)25(37-7)26(38-8)24(16)17-10-12-22(35-5)21(32)14-18(17)20/h10,12-14,19-20H,9,11,15H2,1-8H3,(H,30,33)/t19-,20+/m1/s1. The molecule has 1 fully saturated rings. The number of rotatable bonds is 6. The van der Waals surface area contributed by atoms with Gasteiger partial charge in [-0.05, 0) is 81.8 Å². The summed E-state index contributed by atoms with van der Waals surface area (Å²) in [4.78, 5) is 26.8. The second-order valence-corrected chi connectivity index (χ2v) is 11.1. The van der Waals surface area contributed by atoms with Gasteiger partial charge in [0.25, 0.3) is 0 Å². The third-order valence-corrected chi connectivity index (χ3v) is 7.98. The zero-order chi connectivity index (χ0) is 28.0. The van der Waals surface area contributed by atoms with Crippen LogP contribution < -0.4 is 29.7 Å². The molecule has 0 saturated carbocycles. The van der Waals surface area contributed by atoms with E-state index in [9.17, 15) is 14.8 Å². The molecule has 9 heteroatoms. The normalized spacial score (nSPS) is 21.5. The summed E-state index contributed by atoms with van der Waals surface area (Å²) in [5.74, 6) is 0.903. The Bertz CT molecular complexity index is 1300. The molecule has 1 aliphatic heterocycles. The number of benzene rings is 1. The lowest BCUT2D eigenvalue weighted by molar-refractivity contribution is -0.247. The molecule has 205 valence electrons. The first-order valence-corrected chi connectivity index (χ1v) is 12.7. The van der Waals surface area contributed by atoms with Crippen molar-refractivity contribution in [1.29, 1.82) is 0 Å². The van der Waals surface area contributed by atoms with Crippen LogP contribution in [0, 0.1) is 5.92 Å². The van der Waals surface area contributed by atoms with Crippen LogP contribution in [0.5, 0.6) is 23.0 Å². The molecule has 2 atom stereocenters. The smallest absolute Gasteiger partial charge is 0.225 e. The number of fused-ring (bicyclic) bond motifs is 3. The number of aryl methyl sites for hydroxylation is 1. The number of hydrogen-bond donors (Lipinski definition) is 1. The summed E-state index contributed by atoms with van der Waals surface area (Å²) in [5.41, 5.74) is 1.23. The maximum Gasteiger partial charge on any atom is 0.225 e. The van der Waals surface area contributed by atoms with E-state index in [2.05, 4.69) is 5.32 Å². The predicted octanol–water partition coefficient (Wildman–Crippen LogP) is 4.08. The number of nitrogens with zero attached hydrogens (tertiary/aromatic N) is 1. The van der Waals surface area contributed by atoms with Crippen LogP contribution in [-0.2, 0) is 16.4 Å². The van der Waals surface area contributed by atoms with Crippen LogP contribution >= 0.6 is 0 Å². The molecule has 0 bridgehead atoms. The average Bonchev–Trinajstić information content (AvgIpc) is 3.03. The highest BCUT2D eigenvalue weighted by Crippen LogP contribution is 2.50. The predicted molar refractivity (Wildman–Crippen MR) is 142 cm³/mol. The van der Waals surface area contributed by atoms with E-state index < -0.39 is 23.0 Å². The van der Waals surface area contributed by atoms with Gasteiger partial charge in [-0.15, -0.1) is 10.3 Å². The van der Waals surface area contributed by atoms with Gasteiger partial charge >= 0.3 is 0 Å². The molecule has 1 radical (unpaired) electrons. The van der Waals surface area contributed by atoms with Crippen molar-refractivity contribution in [3.8, 4) is 34.1 Å². The fourth-order valence-electron chi connectivity index (χ4n) is 6.06. The molecule has 4 rings (SSSR count). The van der Waals surface area contributed by atoms with Crippen LogP contribution in [0.2, 0.25) is 0 Å². The Labute approximate surface area is 223 Å². The molecule has 2 aromatic carbocycles. The molecule has 9 nitrogen and oxygen atoms in total. The summed E-state index contributed by atoms with van der Waals surface area (Å²) in [7, 11) is 6.11. The highest BCUT2D eigenvalue weighted by Gasteiger charge is 2.55. The summed E-state index contributed by atoms with van der Waals surface area (Å²) in [6.45, 7) is 7.32. The Morgan fingerprint density at radius 1 is 0.947 bits per heavy atom. The van der Waals surface area contributed by atoms with Gasteiger partial charge in [-0.1, -0.05) is 6.07 Å². The van der Waals surface area contributed by atoms with Gasteiger partial charge in [0.1, 0.15) is 0 Å². The Morgan fingerprint density at radius 3 is 2.16 bits per heavy atom. The summed E-state index contributed by atoms with van der Waals surface area (Å²) in [6.07, 6.45) is 1.53. The molecule has 38 heavy (non-hydrogen) atoms. The number of carbonyl (C=O) groups is 1. The largest absolute Gasteiger partial charge is 0.493 e. The van der Waals surface area contributed by atoms with Gasteiger partial charge in [0, 0.05) is 11.1 Å². The molecule has 1 N–H and O–H groups in total. The van der Waals surface area contributed by atoms with Gasteiger partial charge in [0.05, 0.1) is 45.9 Å². The number of methoxy groups -OCH3 is 4. The molecule has 2 aromatic rings. The van der Waals surface area contributed by atoms with Crippen molar-refractivity contribution in [3.05, 3.63) is 45.6 Å². The van der Waals surface area contributed by atoms with Gasteiger partial charge in [-0.25, -0.2) is 0 Å². The highest BCUT2D eigenvalue weighted by molar-refractivity contribution is 5.85. The average molecular weight is 526 g/mol. The summed E-state index contributed by atoms with van der Waals surface area (Å²) in [6, 6.07) is 6.38. The fraction of sp³-hybridized carbons (Fsp3) is 0.517. The van der Waals surface area contributed by atoms with Crippen LogP contribution in [0.4, 0.5) is 0 Å². The molecule has 1 aliphatic carbocycles. The molecule has 1 heterocycles. The van der Waals surface area contributed by atoms with E-state index in [0.717, 1.165) is 21.8 Å². The molecular weight excluding hydrogens is 488 g/mol. The Balaban J connectivity index is 1.88. The summed E-state index contributed by atoms with van der Waals surface area (Å²) < 4.78 is 22.4. The maximum atomic E-state index is 13.7. The van der Waals surface area contributed by atoms with Gasteiger partial charge in [0.15, 0.2) is 17.2 Å². The SMILES string of the molecule is COc1cc2c(c(OC)c1OC)-c1ccc(OC)c(=O)cc1[C@@H](NC(=O)[C@H]1CC(C)(C)N([O])C1(C)C)CC2. The fourth-order valence-corrected chi connectivity index (χ4v) is 6.06. The number of carbonyl (C=O) groups excluding carboxylic acids is 1.